The second kappa shape index (κ2) is 8.90. The van der Waals surface area contributed by atoms with Crippen LogP contribution in [0.3, 0.4) is 0 Å². The second-order valence-electron chi connectivity index (χ2n) is 6.37. The summed E-state index contributed by atoms with van der Waals surface area (Å²) in [6.45, 7) is 0. The first-order valence-electron chi connectivity index (χ1n) is 8.97. The van der Waals surface area contributed by atoms with Gasteiger partial charge in [-0.05, 0) is 24.0 Å². The van der Waals surface area contributed by atoms with Crippen LogP contribution in [0.15, 0.2) is 36.7 Å². The van der Waals surface area contributed by atoms with Crippen LogP contribution in [0.4, 0.5) is 0 Å². The minimum atomic E-state index is -2.18. The lowest BCUT2D eigenvalue weighted by Crippen LogP contribution is -2.51. The molecule has 0 bridgehead atoms. The molecule has 30 heavy (non-hydrogen) atoms. The average molecular weight is 410 g/mol. The van der Waals surface area contributed by atoms with E-state index in [1.54, 1.807) is 36.7 Å². The Morgan fingerprint density at radius 3 is 1.43 bits per heavy atom. The molecule has 0 radical (unpaired) electrons. The van der Waals surface area contributed by atoms with Gasteiger partial charge >= 0.3 is 0 Å². The Labute approximate surface area is 174 Å². The third-order valence-corrected chi connectivity index (χ3v) is 4.74. The topological polar surface area (TPSA) is 103 Å². The number of aromatic nitrogens is 2. The maximum absolute atomic E-state index is 11.8. The van der Waals surface area contributed by atoms with Crippen molar-refractivity contribution in [3.8, 4) is 35.1 Å². The molecule has 0 aromatic carbocycles. The Hall–Kier alpha value is -2.82. The van der Waals surface area contributed by atoms with E-state index in [1.807, 2.05) is 0 Å². The van der Waals surface area contributed by atoms with Crippen LogP contribution in [-0.2, 0) is 30.1 Å². The fourth-order valence-electron chi connectivity index (χ4n) is 3.23. The maximum atomic E-state index is 11.8. The average Bonchev–Trinajstić information content (AvgIpc) is 2.79. The summed E-state index contributed by atoms with van der Waals surface area (Å²) in [6.07, 6.45) is 1.29. The summed E-state index contributed by atoms with van der Waals surface area (Å²) in [5, 5.41) is 23.6. The molecule has 2 aromatic heterocycles. The monoisotopic (exact) mass is 410 g/mol. The number of nitrogens with zero attached hydrogens (tertiary/aromatic N) is 2. The van der Waals surface area contributed by atoms with Crippen LogP contribution in [0.1, 0.15) is 11.1 Å². The zero-order chi connectivity index (χ0) is 21.8. The number of hydrogen-bond donors (Lipinski definition) is 2. The van der Waals surface area contributed by atoms with Gasteiger partial charge in [0, 0.05) is 52.0 Å². The van der Waals surface area contributed by atoms with E-state index < -0.39 is 23.8 Å². The van der Waals surface area contributed by atoms with E-state index in [4.69, 9.17) is 18.9 Å². The molecule has 0 fully saturated rings. The Kier molecular flexibility index (Phi) is 6.49. The van der Waals surface area contributed by atoms with Crippen molar-refractivity contribution in [3.05, 3.63) is 47.8 Å². The van der Waals surface area contributed by atoms with E-state index in [9.17, 15) is 10.2 Å². The molecule has 8 heteroatoms. The lowest BCUT2D eigenvalue weighted by atomic mass is 9.68. The van der Waals surface area contributed by atoms with Gasteiger partial charge in [0.2, 0.25) is 12.6 Å². The van der Waals surface area contributed by atoms with Gasteiger partial charge in [-0.2, -0.15) is 0 Å². The standard InChI is InChI=1S/C22H22N2O6/c1-27-17(28-2)9-11-21(25)15-7-5-13-23-19(15)20-16(8-6-14-24-20)22(21,26)12-10-18(29-3)30-4/h5-8,13-14,17-18,25-26H,1-4H3/t21-,22-/m1/s1. The fourth-order valence-corrected chi connectivity index (χ4v) is 3.23. The summed E-state index contributed by atoms with van der Waals surface area (Å²) in [7, 11) is 5.65. The molecule has 1 aliphatic rings. The first kappa shape index (κ1) is 21.9. The minimum absolute atomic E-state index is 0.248. The smallest absolute Gasteiger partial charge is 0.222 e. The van der Waals surface area contributed by atoms with Gasteiger partial charge < -0.3 is 29.2 Å². The summed E-state index contributed by atoms with van der Waals surface area (Å²) < 4.78 is 20.4. The third kappa shape index (κ3) is 3.57. The number of fused-ring (bicyclic) bond motifs is 3. The molecule has 0 aliphatic heterocycles. The molecule has 0 saturated heterocycles. The van der Waals surface area contributed by atoms with Gasteiger partial charge in [0.15, 0.2) is 11.2 Å². The highest BCUT2D eigenvalue weighted by Gasteiger charge is 2.56. The minimum Gasteiger partial charge on any atom is -0.370 e. The Bertz CT molecular complexity index is 945. The van der Waals surface area contributed by atoms with Gasteiger partial charge in [-0.15, -0.1) is 0 Å². The van der Waals surface area contributed by atoms with Crippen LogP contribution < -0.4 is 0 Å². The summed E-state index contributed by atoms with van der Waals surface area (Å²) in [4.78, 5) is 8.71. The summed E-state index contributed by atoms with van der Waals surface area (Å²) in [6, 6.07) is 6.48. The first-order chi connectivity index (χ1) is 14.4. The second-order valence-corrected chi connectivity index (χ2v) is 6.37. The van der Waals surface area contributed by atoms with Crippen molar-refractivity contribution < 1.29 is 29.2 Å². The van der Waals surface area contributed by atoms with E-state index in [-0.39, 0.29) is 11.1 Å². The van der Waals surface area contributed by atoms with E-state index >= 15 is 0 Å². The van der Waals surface area contributed by atoms with Gasteiger partial charge in [-0.25, -0.2) is 0 Å². The SMILES string of the molecule is COC(C#C[C@@]1(O)c2cccnc2-c2ncccc2[C@]1(O)C#CC(OC)OC)OC. The lowest BCUT2D eigenvalue weighted by Gasteiger charge is -2.41. The molecule has 0 saturated carbocycles. The molecule has 1 aliphatic carbocycles. The molecule has 8 nitrogen and oxygen atoms in total. The van der Waals surface area contributed by atoms with Gasteiger partial charge in [-0.3, -0.25) is 9.97 Å². The molecule has 2 N–H and O–H groups in total. The zero-order valence-electron chi connectivity index (χ0n) is 17.0. The van der Waals surface area contributed by atoms with Crippen LogP contribution in [0.5, 0.6) is 0 Å². The highest BCUT2D eigenvalue weighted by atomic mass is 16.7. The van der Waals surface area contributed by atoms with Crippen molar-refractivity contribution >= 4 is 0 Å². The summed E-state index contributed by atoms with van der Waals surface area (Å²) in [5.41, 5.74) is -3.09. The third-order valence-electron chi connectivity index (χ3n) is 4.74. The number of methoxy groups -OCH3 is 4. The first-order valence-corrected chi connectivity index (χ1v) is 8.97. The lowest BCUT2D eigenvalue weighted by molar-refractivity contribution is -0.0943. The molecule has 2 atom stereocenters. The molecular formula is C22H22N2O6. The predicted octanol–water partition coefficient (Wildman–Crippen LogP) is 0.777. The Morgan fingerprint density at radius 2 is 1.10 bits per heavy atom. The van der Waals surface area contributed by atoms with Crippen molar-refractivity contribution in [2.45, 2.75) is 23.8 Å². The summed E-state index contributed by atoms with van der Waals surface area (Å²) >= 11 is 0. The van der Waals surface area contributed by atoms with Crippen molar-refractivity contribution in [2.75, 3.05) is 28.4 Å². The van der Waals surface area contributed by atoms with E-state index in [2.05, 4.69) is 33.6 Å². The highest BCUT2D eigenvalue weighted by Crippen LogP contribution is 2.49. The fraction of sp³-hybridized carbons (Fsp3) is 0.364. The van der Waals surface area contributed by atoms with Crippen LogP contribution in [-0.4, -0.2) is 61.2 Å². The van der Waals surface area contributed by atoms with Gasteiger partial charge in [0.1, 0.15) is 0 Å². The van der Waals surface area contributed by atoms with E-state index in [1.165, 1.54) is 28.4 Å². The molecule has 0 unspecified atom stereocenters. The molecule has 156 valence electrons. The van der Waals surface area contributed by atoms with Gasteiger partial charge in [0.05, 0.1) is 11.4 Å². The summed E-state index contributed by atoms with van der Waals surface area (Å²) in [5.74, 6) is 10.8. The van der Waals surface area contributed by atoms with Crippen LogP contribution in [0.25, 0.3) is 11.4 Å². The largest absolute Gasteiger partial charge is 0.370 e. The predicted molar refractivity (Wildman–Crippen MR) is 106 cm³/mol. The molecular weight excluding hydrogens is 388 g/mol. The Balaban J connectivity index is 2.33. The van der Waals surface area contributed by atoms with Crippen LogP contribution in [0.2, 0.25) is 0 Å². The van der Waals surface area contributed by atoms with Crippen LogP contribution in [0, 0.1) is 23.7 Å². The number of aliphatic hydroxyl groups is 2. The van der Waals surface area contributed by atoms with Crippen LogP contribution >= 0.6 is 0 Å². The van der Waals surface area contributed by atoms with Crippen molar-refractivity contribution in [1.82, 2.24) is 9.97 Å². The quantitative estimate of drug-likeness (QED) is 0.563. The zero-order valence-corrected chi connectivity index (χ0v) is 17.0. The Morgan fingerprint density at radius 1 is 0.733 bits per heavy atom. The number of hydrogen-bond acceptors (Lipinski definition) is 8. The molecule has 0 spiro atoms. The van der Waals surface area contributed by atoms with Crippen molar-refractivity contribution in [1.29, 1.82) is 0 Å². The number of rotatable bonds is 4. The van der Waals surface area contributed by atoms with Crippen molar-refractivity contribution in [2.24, 2.45) is 0 Å². The molecule has 2 aromatic rings. The van der Waals surface area contributed by atoms with E-state index in [0.29, 0.717) is 11.4 Å². The van der Waals surface area contributed by atoms with Gasteiger partial charge in [0.25, 0.3) is 0 Å². The van der Waals surface area contributed by atoms with Crippen molar-refractivity contribution in [3.63, 3.8) is 0 Å². The maximum Gasteiger partial charge on any atom is 0.222 e. The number of pyridine rings is 2. The highest BCUT2D eigenvalue weighted by molar-refractivity contribution is 5.73. The normalized spacial score (nSPS) is 21.9. The number of ether oxygens (including phenoxy) is 4. The van der Waals surface area contributed by atoms with E-state index in [0.717, 1.165) is 0 Å². The van der Waals surface area contributed by atoms with Gasteiger partial charge in [-0.1, -0.05) is 24.0 Å². The molecule has 2 heterocycles. The molecule has 0 amide bonds. The molecule has 3 rings (SSSR count).